The molecule has 130 valence electrons. The highest BCUT2D eigenvalue weighted by Gasteiger charge is 2.17. The Morgan fingerprint density at radius 1 is 1.08 bits per heavy atom. The average molecular weight is 357 g/mol. The zero-order valence-corrected chi connectivity index (χ0v) is 15.0. The van der Waals surface area contributed by atoms with Gasteiger partial charge in [-0.25, -0.2) is 4.98 Å². The van der Waals surface area contributed by atoms with Gasteiger partial charge in [0.1, 0.15) is 17.3 Å². The van der Waals surface area contributed by atoms with Gasteiger partial charge in [0.2, 0.25) is 0 Å². The largest absolute Gasteiger partial charge is 0.457 e. The van der Waals surface area contributed by atoms with Crippen molar-refractivity contribution < 1.29 is 9.84 Å². The lowest BCUT2D eigenvalue weighted by Crippen LogP contribution is -2.16. The van der Waals surface area contributed by atoms with E-state index in [1.54, 1.807) is 18.3 Å². The summed E-state index contributed by atoms with van der Waals surface area (Å²) in [4.78, 5) is 4.22. The standard InChI is InChI=1S/C20H21ClN2O2/c1-14(13-23-12-11-22-15(23)2)20(24)16-3-7-18(8-4-16)25-19-9-5-17(21)6-10-19/h3-12,14,20,24H,13H2,1-2H3. The van der Waals surface area contributed by atoms with Crippen molar-refractivity contribution in [3.05, 3.63) is 77.3 Å². The fourth-order valence-electron chi connectivity index (χ4n) is 2.71. The minimum Gasteiger partial charge on any atom is -0.457 e. The predicted octanol–water partition coefficient (Wildman–Crippen LogP) is 5.01. The number of benzene rings is 2. The molecule has 0 aliphatic heterocycles. The lowest BCUT2D eigenvalue weighted by molar-refractivity contribution is 0.107. The van der Waals surface area contributed by atoms with Crippen LogP contribution in [0, 0.1) is 12.8 Å². The molecule has 5 heteroatoms. The van der Waals surface area contributed by atoms with Gasteiger partial charge in [-0.1, -0.05) is 30.7 Å². The minimum absolute atomic E-state index is 0.0657. The summed E-state index contributed by atoms with van der Waals surface area (Å²) in [5.41, 5.74) is 0.869. The summed E-state index contributed by atoms with van der Waals surface area (Å²) in [6, 6.07) is 14.7. The number of hydrogen-bond acceptors (Lipinski definition) is 3. The number of ether oxygens (including phenoxy) is 1. The summed E-state index contributed by atoms with van der Waals surface area (Å²) in [7, 11) is 0. The molecule has 2 unspecified atom stereocenters. The molecule has 0 radical (unpaired) electrons. The molecule has 25 heavy (non-hydrogen) atoms. The van der Waals surface area contributed by atoms with E-state index in [-0.39, 0.29) is 5.92 Å². The topological polar surface area (TPSA) is 47.3 Å². The van der Waals surface area contributed by atoms with Crippen LogP contribution in [0.1, 0.15) is 24.4 Å². The Kier molecular flexibility index (Phi) is 5.41. The van der Waals surface area contributed by atoms with Crippen molar-refractivity contribution in [2.24, 2.45) is 5.92 Å². The summed E-state index contributed by atoms with van der Waals surface area (Å²) in [6.07, 6.45) is 3.16. The van der Waals surface area contributed by atoms with E-state index < -0.39 is 6.10 Å². The maximum atomic E-state index is 10.6. The van der Waals surface area contributed by atoms with Crippen molar-refractivity contribution in [1.29, 1.82) is 0 Å². The highest BCUT2D eigenvalue weighted by atomic mass is 35.5. The monoisotopic (exact) mass is 356 g/mol. The van der Waals surface area contributed by atoms with E-state index in [2.05, 4.69) is 4.98 Å². The molecule has 4 nitrogen and oxygen atoms in total. The Morgan fingerprint density at radius 3 is 2.24 bits per heavy atom. The van der Waals surface area contributed by atoms with Crippen LogP contribution in [0.25, 0.3) is 0 Å². The van der Waals surface area contributed by atoms with Crippen LogP contribution in [0.2, 0.25) is 5.02 Å². The first-order valence-electron chi connectivity index (χ1n) is 8.22. The molecular weight excluding hydrogens is 336 g/mol. The van der Waals surface area contributed by atoms with Crippen LogP contribution in [-0.2, 0) is 6.54 Å². The first-order chi connectivity index (χ1) is 12.0. The smallest absolute Gasteiger partial charge is 0.127 e. The fraction of sp³-hybridized carbons (Fsp3) is 0.250. The van der Waals surface area contributed by atoms with Gasteiger partial charge in [-0.15, -0.1) is 0 Å². The molecule has 0 aliphatic rings. The van der Waals surface area contributed by atoms with Gasteiger partial charge in [0, 0.05) is 29.9 Å². The van der Waals surface area contributed by atoms with Crippen LogP contribution >= 0.6 is 11.6 Å². The van der Waals surface area contributed by atoms with Crippen LogP contribution in [0.15, 0.2) is 60.9 Å². The number of aromatic nitrogens is 2. The van der Waals surface area contributed by atoms with E-state index in [0.717, 1.165) is 29.4 Å². The number of halogens is 1. The molecule has 0 saturated carbocycles. The van der Waals surface area contributed by atoms with Gasteiger partial charge in [-0.05, 0) is 48.9 Å². The van der Waals surface area contributed by atoms with E-state index in [9.17, 15) is 5.11 Å². The number of aliphatic hydroxyl groups is 1. The molecule has 1 N–H and O–H groups in total. The summed E-state index contributed by atoms with van der Waals surface area (Å²) in [5, 5.41) is 11.3. The van der Waals surface area contributed by atoms with Gasteiger partial charge in [0.25, 0.3) is 0 Å². The zero-order valence-electron chi connectivity index (χ0n) is 14.3. The van der Waals surface area contributed by atoms with E-state index in [1.807, 2.05) is 61.0 Å². The number of imidazole rings is 1. The van der Waals surface area contributed by atoms with Crippen LogP contribution in [0.3, 0.4) is 0 Å². The minimum atomic E-state index is -0.550. The van der Waals surface area contributed by atoms with Gasteiger partial charge < -0.3 is 14.4 Å². The van der Waals surface area contributed by atoms with Crippen molar-refractivity contribution in [3.8, 4) is 11.5 Å². The molecule has 2 aromatic carbocycles. The Morgan fingerprint density at radius 2 is 1.68 bits per heavy atom. The van der Waals surface area contributed by atoms with Crippen molar-refractivity contribution in [2.75, 3.05) is 0 Å². The van der Waals surface area contributed by atoms with E-state index in [1.165, 1.54) is 0 Å². The highest BCUT2D eigenvalue weighted by Crippen LogP contribution is 2.28. The molecule has 0 amide bonds. The van der Waals surface area contributed by atoms with Gasteiger partial charge in [0.05, 0.1) is 6.10 Å². The Hall–Kier alpha value is -2.30. The van der Waals surface area contributed by atoms with Crippen molar-refractivity contribution in [2.45, 2.75) is 26.5 Å². The molecule has 0 fully saturated rings. The van der Waals surface area contributed by atoms with Crippen LogP contribution in [-0.4, -0.2) is 14.7 Å². The first kappa shape index (κ1) is 17.5. The molecule has 0 saturated heterocycles. The van der Waals surface area contributed by atoms with Gasteiger partial charge in [-0.3, -0.25) is 0 Å². The summed E-state index contributed by atoms with van der Waals surface area (Å²) in [5.74, 6) is 2.46. The molecule has 3 aromatic rings. The van der Waals surface area contributed by atoms with Crippen LogP contribution in [0.4, 0.5) is 0 Å². The lowest BCUT2D eigenvalue weighted by Gasteiger charge is -2.20. The number of hydrogen-bond donors (Lipinski definition) is 1. The molecule has 3 rings (SSSR count). The maximum absolute atomic E-state index is 10.6. The van der Waals surface area contributed by atoms with Crippen molar-refractivity contribution in [3.63, 3.8) is 0 Å². The molecule has 1 heterocycles. The van der Waals surface area contributed by atoms with E-state index in [4.69, 9.17) is 16.3 Å². The second-order valence-electron chi connectivity index (χ2n) is 6.17. The summed E-state index contributed by atoms with van der Waals surface area (Å²) < 4.78 is 7.82. The number of nitrogens with zero attached hydrogens (tertiary/aromatic N) is 2. The van der Waals surface area contributed by atoms with E-state index in [0.29, 0.717) is 5.02 Å². The van der Waals surface area contributed by atoms with Crippen LogP contribution < -0.4 is 4.74 Å². The maximum Gasteiger partial charge on any atom is 0.127 e. The van der Waals surface area contributed by atoms with E-state index >= 15 is 0 Å². The third kappa shape index (κ3) is 4.41. The average Bonchev–Trinajstić information content (AvgIpc) is 3.02. The normalized spacial score (nSPS) is 13.4. The third-order valence-electron chi connectivity index (χ3n) is 4.22. The summed E-state index contributed by atoms with van der Waals surface area (Å²) in [6.45, 7) is 4.71. The zero-order chi connectivity index (χ0) is 17.8. The van der Waals surface area contributed by atoms with Crippen LogP contribution in [0.5, 0.6) is 11.5 Å². The fourth-order valence-corrected chi connectivity index (χ4v) is 2.83. The lowest BCUT2D eigenvalue weighted by atomic mass is 9.97. The highest BCUT2D eigenvalue weighted by molar-refractivity contribution is 6.30. The Balaban J connectivity index is 1.64. The summed E-state index contributed by atoms with van der Waals surface area (Å²) >= 11 is 5.87. The number of aryl methyl sites for hydroxylation is 1. The van der Waals surface area contributed by atoms with Crippen molar-refractivity contribution in [1.82, 2.24) is 9.55 Å². The SMILES string of the molecule is Cc1nccn1CC(C)C(O)c1ccc(Oc2ccc(Cl)cc2)cc1. The van der Waals surface area contributed by atoms with Crippen molar-refractivity contribution >= 4 is 11.6 Å². The Bertz CT molecular complexity index is 812. The molecule has 0 aliphatic carbocycles. The number of rotatable bonds is 6. The molecule has 2 atom stereocenters. The molecule has 1 aromatic heterocycles. The predicted molar refractivity (Wildman–Crippen MR) is 99.1 cm³/mol. The molecule has 0 bridgehead atoms. The second-order valence-corrected chi connectivity index (χ2v) is 6.61. The number of aliphatic hydroxyl groups excluding tert-OH is 1. The van der Waals surface area contributed by atoms with Gasteiger partial charge in [0.15, 0.2) is 0 Å². The molecular formula is C20H21ClN2O2. The van der Waals surface area contributed by atoms with Gasteiger partial charge in [-0.2, -0.15) is 0 Å². The third-order valence-corrected chi connectivity index (χ3v) is 4.47. The quantitative estimate of drug-likeness (QED) is 0.675. The second kappa shape index (κ2) is 7.72. The Labute approximate surface area is 152 Å². The van der Waals surface area contributed by atoms with Gasteiger partial charge >= 0.3 is 0 Å². The first-order valence-corrected chi connectivity index (χ1v) is 8.60. The molecule has 0 spiro atoms.